The monoisotopic (exact) mass is 333 g/mol. The number of hydrogen-bond acceptors (Lipinski definition) is 4. The zero-order chi connectivity index (χ0) is 17.7. The molecule has 0 saturated carbocycles. The number of nitrogens with zero attached hydrogens (tertiary/aromatic N) is 1. The number of ether oxygens (including phenoxy) is 1. The highest BCUT2D eigenvalue weighted by atomic mass is 16.5. The number of amides is 4. The third kappa shape index (κ3) is 4.24. The topological polar surface area (TPSA) is 87.7 Å². The summed E-state index contributed by atoms with van der Waals surface area (Å²) in [5, 5.41) is 5.43. The number of carbonyl (C=O) groups is 3. The van der Waals surface area contributed by atoms with E-state index in [1.54, 1.807) is 21.0 Å². The number of hydrogen-bond donors (Lipinski definition) is 2. The number of urea groups is 1. The summed E-state index contributed by atoms with van der Waals surface area (Å²) in [4.78, 5) is 36.8. The minimum atomic E-state index is -0.867. The largest absolute Gasteiger partial charge is 0.497 e. The molecule has 0 aliphatic carbocycles. The Morgan fingerprint density at radius 3 is 2.46 bits per heavy atom. The second kappa shape index (κ2) is 7.33. The van der Waals surface area contributed by atoms with Crippen LogP contribution in [0.15, 0.2) is 24.3 Å². The van der Waals surface area contributed by atoms with Gasteiger partial charge in [-0.25, -0.2) is 4.79 Å². The van der Waals surface area contributed by atoms with Crippen LogP contribution in [0.4, 0.5) is 4.79 Å². The van der Waals surface area contributed by atoms with E-state index in [0.717, 1.165) is 16.2 Å². The Balaban J connectivity index is 1.71. The molecule has 2 N–H and O–H groups in total. The zero-order valence-electron chi connectivity index (χ0n) is 14.2. The first-order valence-electron chi connectivity index (χ1n) is 7.87. The highest BCUT2D eigenvalue weighted by Gasteiger charge is 2.43. The molecule has 1 aromatic carbocycles. The summed E-state index contributed by atoms with van der Waals surface area (Å²) in [5.41, 5.74) is 0.105. The summed E-state index contributed by atoms with van der Waals surface area (Å²) in [6.07, 6.45) is 0.692. The van der Waals surface area contributed by atoms with Gasteiger partial charge in [-0.2, -0.15) is 0 Å². The van der Waals surface area contributed by atoms with Gasteiger partial charge >= 0.3 is 6.03 Å². The molecule has 7 nitrogen and oxygen atoms in total. The van der Waals surface area contributed by atoms with E-state index in [2.05, 4.69) is 10.6 Å². The molecule has 1 aliphatic rings. The first-order chi connectivity index (χ1) is 11.3. The Labute approximate surface area is 141 Å². The summed E-state index contributed by atoms with van der Waals surface area (Å²) >= 11 is 0. The molecule has 7 heteroatoms. The van der Waals surface area contributed by atoms with Gasteiger partial charge in [-0.15, -0.1) is 0 Å². The highest BCUT2D eigenvalue weighted by Crippen LogP contribution is 2.17. The van der Waals surface area contributed by atoms with Crippen LogP contribution >= 0.6 is 0 Å². The Morgan fingerprint density at radius 2 is 1.92 bits per heavy atom. The molecule has 0 unspecified atom stereocenters. The van der Waals surface area contributed by atoms with E-state index in [0.29, 0.717) is 13.0 Å². The lowest BCUT2D eigenvalue weighted by Gasteiger charge is -2.15. The summed E-state index contributed by atoms with van der Waals surface area (Å²) in [7, 11) is 1.60. The van der Waals surface area contributed by atoms with Crippen LogP contribution in [-0.4, -0.2) is 41.9 Å². The maximum absolute atomic E-state index is 12.0. The van der Waals surface area contributed by atoms with Crippen molar-refractivity contribution in [3.8, 4) is 5.75 Å². The Hall–Kier alpha value is -2.57. The predicted molar refractivity (Wildman–Crippen MR) is 88.4 cm³/mol. The molecule has 2 rings (SSSR count). The van der Waals surface area contributed by atoms with Crippen LogP contribution < -0.4 is 15.4 Å². The molecule has 0 radical (unpaired) electrons. The van der Waals surface area contributed by atoms with Crippen LogP contribution in [0.1, 0.15) is 32.3 Å². The second-order valence-corrected chi connectivity index (χ2v) is 6.24. The quantitative estimate of drug-likeness (QED) is 0.739. The SMILES string of the molecule is COc1ccc(CNC(=O)CCCN2C(=O)NC(C)(C)C2=O)cc1. The van der Waals surface area contributed by atoms with Gasteiger partial charge in [-0.1, -0.05) is 12.1 Å². The van der Waals surface area contributed by atoms with Gasteiger partial charge in [0.25, 0.3) is 5.91 Å². The van der Waals surface area contributed by atoms with Gasteiger partial charge in [0.1, 0.15) is 11.3 Å². The minimum Gasteiger partial charge on any atom is -0.497 e. The lowest BCUT2D eigenvalue weighted by molar-refractivity contribution is -0.130. The van der Waals surface area contributed by atoms with Crippen LogP contribution in [0.25, 0.3) is 0 Å². The summed E-state index contributed by atoms with van der Waals surface area (Å²) < 4.78 is 5.08. The molecule has 24 heavy (non-hydrogen) atoms. The van der Waals surface area contributed by atoms with E-state index in [4.69, 9.17) is 4.74 Å². The fourth-order valence-corrected chi connectivity index (χ4v) is 2.45. The minimum absolute atomic E-state index is 0.114. The second-order valence-electron chi connectivity index (χ2n) is 6.24. The van der Waals surface area contributed by atoms with Crippen molar-refractivity contribution in [2.24, 2.45) is 0 Å². The van der Waals surface area contributed by atoms with E-state index < -0.39 is 11.6 Å². The van der Waals surface area contributed by atoms with E-state index >= 15 is 0 Å². The van der Waals surface area contributed by atoms with Gasteiger partial charge in [-0.05, 0) is 38.0 Å². The first kappa shape index (κ1) is 17.8. The molecule has 0 bridgehead atoms. The third-order valence-corrected chi connectivity index (χ3v) is 3.88. The zero-order valence-corrected chi connectivity index (χ0v) is 14.2. The highest BCUT2D eigenvalue weighted by molar-refractivity contribution is 6.06. The van der Waals surface area contributed by atoms with Gasteiger partial charge in [-0.3, -0.25) is 14.5 Å². The number of carbonyl (C=O) groups excluding carboxylic acids is 3. The van der Waals surface area contributed by atoms with Crippen molar-refractivity contribution in [2.45, 2.75) is 38.8 Å². The number of methoxy groups -OCH3 is 1. The number of rotatable bonds is 7. The molecule has 4 amide bonds. The van der Waals surface area contributed by atoms with Crippen molar-refractivity contribution in [3.05, 3.63) is 29.8 Å². The summed E-state index contributed by atoms with van der Waals surface area (Å²) in [5.74, 6) is 0.393. The fourth-order valence-electron chi connectivity index (χ4n) is 2.45. The number of nitrogens with one attached hydrogen (secondary N) is 2. The molecule has 1 aromatic rings. The standard InChI is InChI=1S/C17H23N3O4/c1-17(2)15(22)20(16(23)19-17)10-4-5-14(21)18-11-12-6-8-13(24-3)9-7-12/h6-9H,4-5,10-11H2,1-3H3,(H,18,21)(H,19,23). The Bertz CT molecular complexity index is 625. The van der Waals surface area contributed by atoms with Crippen molar-refractivity contribution >= 4 is 17.8 Å². The van der Waals surface area contributed by atoms with Crippen molar-refractivity contribution in [3.63, 3.8) is 0 Å². The van der Waals surface area contributed by atoms with E-state index in [9.17, 15) is 14.4 Å². The Morgan fingerprint density at radius 1 is 1.25 bits per heavy atom. The maximum Gasteiger partial charge on any atom is 0.325 e. The van der Waals surface area contributed by atoms with E-state index in [1.165, 1.54) is 0 Å². The molecular weight excluding hydrogens is 310 g/mol. The van der Waals surface area contributed by atoms with Gasteiger partial charge < -0.3 is 15.4 Å². The van der Waals surface area contributed by atoms with Gasteiger partial charge in [0.2, 0.25) is 5.91 Å². The van der Waals surface area contributed by atoms with Crippen LogP contribution in [0, 0.1) is 0 Å². The summed E-state index contributed by atoms with van der Waals surface area (Å²) in [6, 6.07) is 7.04. The van der Waals surface area contributed by atoms with Crippen molar-refractivity contribution < 1.29 is 19.1 Å². The summed E-state index contributed by atoms with van der Waals surface area (Å²) in [6.45, 7) is 3.99. The molecule has 0 aromatic heterocycles. The normalized spacial score (nSPS) is 16.0. The fraction of sp³-hybridized carbons (Fsp3) is 0.471. The molecule has 0 atom stereocenters. The van der Waals surface area contributed by atoms with Crippen LogP contribution in [0.5, 0.6) is 5.75 Å². The first-order valence-corrected chi connectivity index (χ1v) is 7.87. The lowest BCUT2D eigenvalue weighted by Crippen LogP contribution is -2.40. The third-order valence-electron chi connectivity index (χ3n) is 3.88. The smallest absolute Gasteiger partial charge is 0.325 e. The van der Waals surface area contributed by atoms with Crippen LogP contribution in [0.2, 0.25) is 0 Å². The van der Waals surface area contributed by atoms with Crippen molar-refractivity contribution in [1.29, 1.82) is 0 Å². The Kier molecular flexibility index (Phi) is 5.43. The van der Waals surface area contributed by atoms with E-state index in [-0.39, 0.29) is 24.8 Å². The molecule has 1 heterocycles. The lowest BCUT2D eigenvalue weighted by atomic mass is 10.1. The van der Waals surface area contributed by atoms with Gasteiger partial charge in [0, 0.05) is 19.5 Å². The number of imide groups is 1. The van der Waals surface area contributed by atoms with E-state index in [1.807, 2.05) is 24.3 Å². The molecule has 1 saturated heterocycles. The molecule has 130 valence electrons. The maximum atomic E-state index is 12.0. The van der Waals surface area contributed by atoms with Crippen molar-refractivity contribution in [1.82, 2.24) is 15.5 Å². The predicted octanol–water partition coefficient (Wildman–Crippen LogP) is 1.42. The van der Waals surface area contributed by atoms with Gasteiger partial charge in [0.05, 0.1) is 7.11 Å². The molecular formula is C17H23N3O4. The van der Waals surface area contributed by atoms with Gasteiger partial charge in [0.15, 0.2) is 0 Å². The average Bonchev–Trinajstić information content (AvgIpc) is 2.75. The van der Waals surface area contributed by atoms with Crippen LogP contribution in [-0.2, 0) is 16.1 Å². The molecule has 1 aliphatic heterocycles. The van der Waals surface area contributed by atoms with Crippen molar-refractivity contribution in [2.75, 3.05) is 13.7 Å². The molecule has 0 spiro atoms. The number of benzene rings is 1. The van der Waals surface area contributed by atoms with Crippen LogP contribution in [0.3, 0.4) is 0 Å². The molecule has 1 fully saturated rings. The average molecular weight is 333 g/mol.